The number of hydrogen-bond donors (Lipinski definition) is 1. The molecule has 2 aliphatic rings. The van der Waals surface area contributed by atoms with Crippen LogP contribution in [0.25, 0.3) is 0 Å². The van der Waals surface area contributed by atoms with E-state index < -0.39 is 0 Å². The van der Waals surface area contributed by atoms with Crippen molar-refractivity contribution in [2.45, 2.75) is 51.0 Å². The van der Waals surface area contributed by atoms with E-state index in [2.05, 4.69) is 62.5 Å². The van der Waals surface area contributed by atoms with Gasteiger partial charge in [-0.25, -0.2) is 0 Å². The Morgan fingerprint density at radius 2 is 1.65 bits per heavy atom. The van der Waals surface area contributed by atoms with Gasteiger partial charge in [-0.2, -0.15) is 0 Å². The van der Waals surface area contributed by atoms with Crippen molar-refractivity contribution in [3.63, 3.8) is 0 Å². The third-order valence-electron chi connectivity index (χ3n) is 5.95. The summed E-state index contributed by atoms with van der Waals surface area (Å²) in [7, 11) is 0. The van der Waals surface area contributed by atoms with E-state index in [1.165, 1.54) is 11.1 Å². The number of para-hydroxylation sites is 1. The number of hydrogen-bond acceptors (Lipinski definition) is 2. The summed E-state index contributed by atoms with van der Waals surface area (Å²) in [5.74, 6) is 0.167. The highest BCUT2D eigenvalue weighted by molar-refractivity contribution is 6.01. The number of benzene rings is 2. The standard InChI is InChI=1S/C23H28N2O/c1-22(2)16-23(3,17-10-5-4-6-11-17)19-13-9-12-18(20(19)24-22)21(26)25-14-7-8-15-25/h4-6,9-13,24H,7-8,14-16H2,1-3H3. The zero-order chi connectivity index (χ0) is 18.4. The van der Waals surface area contributed by atoms with Crippen LogP contribution in [0.1, 0.15) is 61.5 Å². The molecule has 0 aliphatic carbocycles. The van der Waals surface area contributed by atoms with Crippen molar-refractivity contribution in [3.05, 3.63) is 65.2 Å². The SMILES string of the molecule is CC1(C)CC(C)(c2ccccc2)c2cccc(C(=O)N3CCCC3)c2N1. The van der Waals surface area contributed by atoms with Gasteiger partial charge in [-0.3, -0.25) is 4.79 Å². The topological polar surface area (TPSA) is 32.3 Å². The third kappa shape index (κ3) is 2.80. The lowest BCUT2D eigenvalue weighted by Gasteiger charge is -2.46. The van der Waals surface area contributed by atoms with Gasteiger partial charge >= 0.3 is 0 Å². The van der Waals surface area contributed by atoms with E-state index in [4.69, 9.17) is 0 Å². The summed E-state index contributed by atoms with van der Waals surface area (Å²) in [6, 6.07) is 16.9. The fraction of sp³-hybridized carbons (Fsp3) is 0.435. The molecule has 3 heteroatoms. The van der Waals surface area contributed by atoms with Gasteiger partial charge in [-0.15, -0.1) is 0 Å². The molecule has 1 atom stereocenters. The molecule has 0 saturated carbocycles. The molecule has 1 amide bonds. The van der Waals surface area contributed by atoms with Crippen LogP contribution in [-0.2, 0) is 5.41 Å². The summed E-state index contributed by atoms with van der Waals surface area (Å²) in [5.41, 5.74) is 4.17. The van der Waals surface area contributed by atoms with Crippen molar-refractivity contribution in [3.8, 4) is 0 Å². The van der Waals surface area contributed by atoms with Crippen LogP contribution in [0, 0.1) is 0 Å². The molecule has 0 aromatic heterocycles. The van der Waals surface area contributed by atoms with Crippen LogP contribution >= 0.6 is 0 Å². The van der Waals surface area contributed by atoms with Crippen LogP contribution in [0.5, 0.6) is 0 Å². The number of amides is 1. The maximum Gasteiger partial charge on any atom is 0.255 e. The van der Waals surface area contributed by atoms with Gasteiger partial charge in [0.1, 0.15) is 0 Å². The Morgan fingerprint density at radius 1 is 0.962 bits per heavy atom. The number of likely N-dealkylation sites (tertiary alicyclic amines) is 1. The minimum atomic E-state index is -0.118. The first-order valence-electron chi connectivity index (χ1n) is 9.67. The lowest BCUT2D eigenvalue weighted by molar-refractivity contribution is 0.0793. The fourth-order valence-electron chi connectivity index (χ4n) is 4.84. The minimum absolute atomic E-state index is 0.0843. The zero-order valence-corrected chi connectivity index (χ0v) is 16.0. The van der Waals surface area contributed by atoms with E-state index in [0.717, 1.165) is 43.6 Å². The molecule has 26 heavy (non-hydrogen) atoms. The van der Waals surface area contributed by atoms with Gasteiger partial charge in [0.15, 0.2) is 0 Å². The summed E-state index contributed by atoms with van der Waals surface area (Å²) in [6.45, 7) is 8.53. The van der Waals surface area contributed by atoms with Gasteiger partial charge in [0.05, 0.1) is 11.3 Å². The number of anilines is 1. The molecule has 0 spiro atoms. The first-order valence-corrected chi connectivity index (χ1v) is 9.67. The van der Waals surface area contributed by atoms with Crippen molar-refractivity contribution >= 4 is 11.6 Å². The van der Waals surface area contributed by atoms with Gasteiger partial charge in [0, 0.05) is 24.0 Å². The fourth-order valence-corrected chi connectivity index (χ4v) is 4.84. The van der Waals surface area contributed by atoms with Crippen molar-refractivity contribution in [1.82, 2.24) is 4.90 Å². The number of fused-ring (bicyclic) bond motifs is 1. The summed E-state index contributed by atoms with van der Waals surface area (Å²) >= 11 is 0. The number of carbonyl (C=O) groups is 1. The lowest BCUT2D eigenvalue weighted by Crippen LogP contribution is -2.46. The maximum atomic E-state index is 13.2. The molecule has 2 aromatic rings. The Morgan fingerprint density at radius 3 is 2.35 bits per heavy atom. The van der Waals surface area contributed by atoms with E-state index in [0.29, 0.717) is 0 Å². The van der Waals surface area contributed by atoms with Crippen LogP contribution in [0.3, 0.4) is 0 Å². The van der Waals surface area contributed by atoms with Gasteiger partial charge in [-0.05, 0) is 50.3 Å². The second-order valence-corrected chi connectivity index (χ2v) is 8.61. The molecule has 4 rings (SSSR count). The van der Waals surface area contributed by atoms with E-state index >= 15 is 0 Å². The largest absolute Gasteiger partial charge is 0.379 e. The highest BCUT2D eigenvalue weighted by atomic mass is 16.2. The van der Waals surface area contributed by atoms with Crippen LogP contribution in [0.4, 0.5) is 5.69 Å². The Hall–Kier alpha value is -2.29. The van der Waals surface area contributed by atoms with Gasteiger partial charge < -0.3 is 10.2 Å². The molecule has 2 heterocycles. The molecule has 0 radical (unpaired) electrons. The molecule has 2 aliphatic heterocycles. The molecule has 1 fully saturated rings. The van der Waals surface area contributed by atoms with E-state index in [1.807, 2.05) is 17.0 Å². The zero-order valence-electron chi connectivity index (χ0n) is 16.0. The Labute approximate surface area is 156 Å². The lowest BCUT2D eigenvalue weighted by atomic mass is 9.65. The molecule has 1 N–H and O–H groups in total. The van der Waals surface area contributed by atoms with Gasteiger partial charge in [0.2, 0.25) is 0 Å². The second kappa shape index (κ2) is 6.15. The second-order valence-electron chi connectivity index (χ2n) is 8.61. The molecule has 136 valence electrons. The first-order chi connectivity index (χ1) is 12.4. The van der Waals surface area contributed by atoms with Crippen LogP contribution in [0.2, 0.25) is 0 Å². The highest BCUT2D eigenvalue weighted by Gasteiger charge is 2.43. The normalized spacial score (nSPS) is 24.0. The maximum absolute atomic E-state index is 13.2. The Kier molecular flexibility index (Phi) is 4.06. The Balaban J connectivity index is 1.86. The number of carbonyl (C=O) groups excluding carboxylic acids is 1. The predicted octanol–water partition coefficient (Wildman–Crippen LogP) is 4.82. The third-order valence-corrected chi connectivity index (χ3v) is 5.95. The van der Waals surface area contributed by atoms with Crippen LogP contribution in [0.15, 0.2) is 48.5 Å². The van der Waals surface area contributed by atoms with E-state index in [1.54, 1.807) is 0 Å². The smallest absolute Gasteiger partial charge is 0.255 e. The minimum Gasteiger partial charge on any atom is -0.379 e. The van der Waals surface area contributed by atoms with E-state index in [-0.39, 0.29) is 16.9 Å². The monoisotopic (exact) mass is 348 g/mol. The predicted molar refractivity (Wildman–Crippen MR) is 107 cm³/mol. The Bertz CT molecular complexity index is 821. The number of rotatable bonds is 2. The molecule has 2 aromatic carbocycles. The average Bonchev–Trinajstić information content (AvgIpc) is 3.15. The van der Waals surface area contributed by atoms with Crippen LogP contribution in [-0.4, -0.2) is 29.4 Å². The van der Waals surface area contributed by atoms with Crippen molar-refractivity contribution < 1.29 is 4.79 Å². The summed E-state index contributed by atoms with van der Waals surface area (Å²) < 4.78 is 0. The molecule has 0 bridgehead atoms. The highest BCUT2D eigenvalue weighted by Crippen LogP contribution is 2.48. The summed E-state index contributed by atoms with van der Waals surface area (Å²) in [4.78, 5) is 15.2. The van der Waals surface area contributed by atoms with Crippen molar-refractivity contribution in [2.24, 2.45) is 0 Å². The average molecular weight is 348 g/mol. The summed E-state index contributed by atoms with van der Waals surface area (Å²) in [5, 5.41) is 3.69. The number of nitrogens with zero attached hydrogens (tertiary/aromatic N) is 1. The quantitative estimate of drug-likeness (QED) is 0.843. The number of nitrogens with one attached hydrogen (secondary N) is 1. The molecule has 1 saturated heterocycles. The first kappa shape index (κ1) is 17.1. The van der Waals surface area contributed by atoms with Crippen LogP contribution < -0.4 is 5.32 Å². The molecule has 3 nitrogen and oxygen atoms in total. The van der Waals surface area contributed by atoms with Gasteiger partial charge in [0.25, 0.3) is 5.91 Å². The molecular formula is C23H28N2O. The van der Waals surface area contributed by atoms with Crippen molar-refractivity contribution in [1.29, 1.82) is 0 Å². The van der Waals surface area contributed by atoms with Crippen molar-refractivity contribution in [2.75, 3.05) is 18.4 Å². The van der Waals surface area contributed by atoms with Gasteiger partial charge in [-0.1, -0.05) is 49.4 Å². The summed E-state index contributed by atoms with van der Waals surface area (Å²) in [6.07, 6.45) is 3.21. The molecular weight excluding hydrogens is 320 g/mol. The molecule has 1 unspecified atom stereocenters. The van der Waals surface area contributed by atoms with E-state index in [9.17, 15) is 4.79 Å².